The Labute approximate surface area is 139 Å². The van der Waals surface area contributed by atoms with Gasteiger partial charge in [-0.1, -0.05) is 32.0 Å². The Morgan fingerprint density at radius 3 is 2.86 bits per heavy atom. The van der Waals surface area contributed by atoms with Gasteiger partial charge in [0, 0.05) is 12.5 Å². The van der Waals surface area contributed by atoms with E-state index in [9.17, 15) is 4.79 Å². The van der Waals surface area contributed by atoms with Gasteiger partial charge in [0.05, 0.1) is 6.54 Å². The maximum atomic E-state index is 11.8. The molecule has 0 saturated carbocycles. The number of para-hydroxylation sites is 1. The zero-order chi connectivity index (χ0) is 15.1. The molecule has 1 aromatic carbocycles. The maximum Gasteiger partial charge on any atom is 0.221 e. The Kier molecular flexibility index (Phi) is 8.28. The van der Waals surface area contributed by atoms with Crippen LogP contribution in [0.25, 0.3) is 0 Å². The van der Waals surface area contributed by atoms with Crippen LogP contribution in [0.15, 0.2) is 24.3 Å². The smallest absolute Gasteiger partial charge is 0.221 e. The Balaban J connectivity index is 0.00000242. The van der Waals surface area contributed by atoms with E-state index in [1.54, 1.807) is 0 Å². The summed E-state index contributed by atoms with van der Waals surface area (Å²) in [5.74, 6) is 1.46. The molecule has 0 spiro atoms. The van der Waals surface area contributed by atoms with Gasteiger partial charge in [0.2, 0.25) is 5.91 Å². The van der Waals surface area contributed by atoms with Crippen molar-refractivity contribution in [3.05, 3.63) is 29.8 Å². The number of nitrogens with one attached hydrogen (secondary N) is 2. The summed E-state index contributed by atoms with van der Waals surface area (Å²) in [6.07, 6.45) is 2.85. The lowest BCUT2D eigenvalue weighted by Gasteiger charge is -2.14. The van der Waals surface area contributed by atoms with E-state index in [2.05, 4.69) is 30.5 Å². The van der Waals surface area contributed by atoms with Crippen LogP contribution in [-0.4, -0.2) is 31.6 Å². The molecule has 1 fully saturated rings. The summed E-state index contributed by atoms with van der Waals surface area (Å²) in [4.78, 5) is 11.8. The van der Waals surface area contributed by atoms with Crippen molar-refractivity contribution in [2.75, 3.05) is 19.7 Å². The first-order valence-corrected chi connectivity index (χ1v) is 7.88. The fourth-order valence-corrected chi connectivity index (χ4v) is 2.67. The number of rotatable bonds is 7. The molecule has 1 aromatic rings. The summed E-state index contributed by atoms with van der Waals surface area (Å²) >= 11 is 0. The molecule has 1 atom stereocenters. The molecule has 1 heterocycles. The molecule has 1 aliphatic rings. The van der Waals surface area contributed by atoms with Gasteiger partial charge in [-0.05, 0) is 36.9 Å². The second-order valence-electron chi connectivity index (χ2n) is 5.89. The fraction of sp³-hybridized carbons (Fsp3) is 0.588. The van der Waals surface area contributed by atoms with Crippen LogP contribution in [0.3, 0.4) is 0 Å². The number of ether oxygens (including phenoxy) is 1. The molecule has 0 bridgehead atoms. The van der Waals surface area contributed by atoms with Crippen LogP contribution in [-0.2, 0) is 4.79 Å². The first kappa shape index (κ1) is 18.8. The lowest BCUT2D eigenvalue weighted by atomic mass is 10.0. The minimum atomic E-state index is 0. The van der Waals surface area contributed by atoms with Crippen LogP contribution in [0, 0.1) is 0 Å². The number of carbonyl (C=O) groups excluding carboxylic acids is 1. The summed E-state index contributed by atoms with van der Waals surface area (Å²) in [7, 11) is 0. The van der Waals surface area contributed by atoms with Crippen molar-refractivity contribution in [2.24, 2.45) is 0 Å². The van der Waals surface area contributed by atoms with Crippen LogP contribution in [0.5, 0.6) is 5.75 Å². The highest BCUT2D eigenvalue weighted by atomic mass is 35.5. The van der Waals surface area contributed by atoms with Gasteiger partial charge in [0.25, 0.3) is 0 Å². The quantitative estimate of drug-likeness (QED) is 0.758. The lowest BCUT2D eigenvalue weighted by Crippen LogP contribution is -2.34. The monoisotopic (exact) mass is 326 g/mol. The zero-order valence-electron chi connectivity index (χ0n) is 13.4. The minimum Gasteiger partial charge on any atom is -0.491 e. The molecule has 22 heavy (non-hydrogen) atoms. The Bertz CT molecular complexity index is 460. The van der Waals surface area contributed by atoms with E-state index in [0.29, 0.717) is 31.5 Å². The molecule has 0 radical (unpaired) electrons. The number of hydrogen-bond acceptors (Lipinski definition) is 3. The van der Waals surface area contributed by atoms with E-state index >= 15 is 0 Å². The third-order valence-corrected chi connectivity index (χ3v) is 3.82. The highest BCUT2D eigenvalue weighted by Crippen LogP contribution is 2.25. The summed E-state index contributed by atoms with van der Waals surface area (Å²) in [6.45, 7) is 6.40. The number of hydrogen-bond donors (Lipinski definition) is 2. The van der Waals surface area contributed by atoms with Crippen molar-refractivity contribution < 1.29 is 9.53 Å². The van der Waals surface area contributed by atoms with E-state index in [1.165, 1.54) is 12.0 Å². The average molecular weight is 327 g/mol. The standard InChI is InChI=1S/C17H26N2O2.ClH/c1-13(2)15-7-3-4-8-16(15)21-11-10-19-17(20)12-14-6-5-9-18-14;/h3-4,7-8,13-14,18H,5-6,9-12H2,1-2H3,(H,19,20);1H. The first-order chi connectivity index (χ1) is 10.2. The van der Waals surface area contributed by atoms with Crippen LogP contribution >= 0.6 is 12.4 Å². The van der Waals surface area contributed by atoms with E-state index in [4.69, 9.17) is 4.74 Å². The van der Waals surface area contributed by atoms with Crippen molar-refractivity contribution in [3.8, 4) is 5.75 Å². The second-order valence-corrected chi connectivity index (χ2v) is 5.89. The average Bonchev–Trinajstić information content (AvgIpc) is 2.96. The topological polar surface area (TPSA) is 50.4 Å². The van der Waals surface area contributed by atoms with Gasteiger partial charge in [-0.25, -0.2) is 0 Å². The van der Waals surface area contributed by atoms with E-state index in [0.717, 1.165) is 18.7 Å². The number of benzene rings is 1. The molecule has 2 N–H and O–H groups in total. The third kappa shape index (κ3) is 5.85. The summed E-state index contributed by atoms with van der Waals surface area (Å²) in [5.41, 5.74) is 1.21. The van der Waals surface area contributed by atoms with Crippen LogP contribution in [0.2, 0.25) is 0 Å². The Hall–Kier alpha value is -1.26. The van der Waals surface area contributed by atoms with Gasteiger partial charge in [-0.15, -0.1) is 12.4 Å². The molecule has 1 unspecified atom stereocenters. The molecule has 0 aromatic heterocycles. The van der Waals surface area contributed by atoms with E-state index in [-0.39, 0.29) is 18.3 Å². The molecule has 1 amide bonds. The molecule has 0 aliphatic carbocycles. The van der Waals surface area contributed by atoms with Gasteiger partial charge < -0.3 is 15.4 Å². The third-order valence-electron chi connectivity index (χ3n) is 3.82. The first-order valence-electron chi connectivity index (χ1n) is 7.88. The van der Waals surface area contributed by atoms with Crippen LogP contribution < -0.4 is 15.4 Å². The molecular formula is C17H27ClN2O2. The molecule has 2 rings (SSSR count). The van der Waals surface area contributed by atoms with Crippen molar-refractivity contribution in [1.82, 2.24) is 10.6 Å². The van der Waals surface area contributed by atoms with Crippen molar-refractivity contribution in [2.45, 2.75) is 45.1 Å². The summed E-state index contributed by atoms with van der Waals surface area (Å²) in [6, 6.07) is 8.43. The number of amides is 1. The molecule has 5 heteroatoms. The molecule has 124 valence electrons. The largest absolute Gasteiger partial charge is 0.491 e. The Morgan fingerprint density at radius 2 is 2.18 bits per heavy atom. The second kappa shape index (κ2) is 9.70. The van der Waals surface area contributed by atoms with Crippen LogP contribution in [0.4, 0.5) is 0 Å². The van der Waals surface area contributed by atoms with Gasteiger partial charge in [-0.2, -0.15) is 0 Å². The summed E-state index contributed by atoms with van der Waals surface area (Å²) in [5, 5.41) is 6.26. The highest BCUT2D eigenvalue weighted by Gasteiger charge is 2.17. The van der Waals surface area contributed by atoms with Gasteiger partial charge in [0.15, 0.2) is 0 Å². The van der Waals surface area contributed by atoms with Crippen molar-refractivity contribution >= 4 is 18.3 Å². The van der Waals surface area contributed by atoms with Crippen LogP contribution in [0.1, 0.15) is 44.6 Å². The van der Waals surface area contributed by atoms with Crippen molar-refractivity contribution in [3.63, 3.8) is 0 Å². The van der Waals surface area contributed by atoms with E-state index in [1.807, 2.05) is 18.2 Å². The Morgan fingerprint density at radius 1 is 1.41 bits per heavy atom. The zero-order valence-corrected chi connectivity index (χ0v) is 14.2. The maximum absolute atomic E-state index is 11.8. The minimum absolute atomic E-state index is 0. The molecular weight excluding hydrogens is 300 g/mol. The number of halogens is 1. The summed E-state index contributed by atoms with van der Waals surface area (Å²) < 4.78 is 5.79. The molecule has 1 saturated heterocycles. The highest BCUT2D eigenvalue weighted by molar-refractivity contribution is 5.85. The number of carbonyl (C=O) groups is 1. The predicted octanol–water partition coefficient (Wildman–Crippen LogP) is 2.87. The lowest BCUT2D eigenvalue weighted by molar-refractivity contribution is -0.121. The van der Waals surface area contributed by atoms with Gasteiger partial charge >= 0.3 is 0 Å². The molecule has 4 nitrogen and oxygen atoms in total. The predicted molar refractivity (Wildman–Crippen MR) is 91.9 cm³/mol. The van der Waals surface area contributed by atoms with E-state index < -0.39 is 0 Å². The normalized spacial score (nSPS) is 17.1. The van der Waals surface area contributed by atoms with Gasteiger partial charge in [0.1, 0.15) is 12.4 Å². The SMILES string of the molecule is CC(C)c1ccccc1OCCNC(=O)CC1CCCN1.Cl. The fourth-order valence-electron chi connectivity index (χ4n) is 2.67. The molecule has 1 aliphatic heterocycles. The van der Waals surface area contributed by atoms with Gasteiger partial charge in [-0.3, -0.25) is 4.79 Å². The van der Waals surface area contributed by atoms with Crippen molar-refractivity contribution in [1.29, 1.82) is 0 Å².